The zero-order valence-corrected chi connectivity index (χ0v) is 11.6. The van der Waals surface area contributed by atoms with Crippen LogP contribution in [0.3, 0.4) is 0 Å². The van der Waals surface area contributed by atoms with Crippen molar-refractivity contribution in [3.05, 3.63) is 29.3 Å². The summed E-state index contributed by atoms with van der Waals surface area (Å²) in [6, 6.07) is 4.24. The number of benzene rings is 1. The van der Waals surface area contributed by atoms with Crippen LogP contribution in [0.4, 0.5) is 0 Å². The molecular weight excluding hydrogens is 281 g/mol. The van der Waals surface area contributed by atoms with Crippen LogP contribution in [-0.2, 0) is 4.79 Å². The van der Waals surface area contributed by atoms with E-state index >= 15 is 0 Å². The van der Waals surface area contributed by atoms with E-state index in [1.54, 1.807) is 12.1 Å². The van der Waals surface area contributed by atoms with Crippen LogP contribution in [0.25, 0.3) is 0 Å². The summed E-state index contributed by atoms with van der Waals surface area (Å²) in [6.45, 7) is 0. The number of hydrogen-bond donors (Lipinski definition) is 3. The van der Waals surface area contributed by atoms with Crippen LogP contribution in [0.1, 0.15) is 22.0 Å². The van der Waals surface area contributed by atoms with Crippen LogP contribution in [0.2, 0.25) is 6.32 Å². The second kappa shape index (κ2) is 6.19. The minimum absolute atomic E-state index is 0.0228. The Balaban J connectivity index is 2.33. The Hall–Kier alpha value is -1.67. The van der Waals surface area contributed by atoms with Crippen LogP contribution < -0.4 is 9.97 Å². The quantitative estimate of drug-likeness (QED) is 0.710. The molecule has 3 N–H and O–H groups in total. The van der Waals surface area contributed by atoms with Crippen LogP contribution >= 0.6 is 11.8 Å². The maximum atomic E-state index is 11.7. The number of carbonyl (C=O) groups is 2. The molecule has 0 saturated carbocycles. The number of carboxylic acids is 1. The molecule has 1 heterocycles. The Morgan fingerprint density at radius 1 is 1.55 bits per heavy atom. The number of thioether (sulfide) groups is 1. The molecule has 0 fully saturated rings. The van der Waals surface area contributed by atoms with Gasteiger partial charge < -0.3 is 20.1 Å². The van der Waals surface area contributed by atoms with Gasteiger partial charge in [0.25, 0.3) is 0 Å². The summed E-state index contributed by atoms with van der Waals surface area (Å²) in [7, 11) is -1.14. The SMILES string of the molecule is CSCC(=O)NC1CB(O)Oc2c(C(=O)O)cccc21. The number of amides is 1. The van der Waals surface area contributed by atoms with Gasteiger partial charge in [0.05, 0.1) is 11.8 Å². The lowest BCUT2D eigenvalue weighted by atomic mass is 9.75. The van der Waals surface area contributed by atoms with E-state index in [2.05, 4.69) is 5.32 Å². The lowest BCUT2D eigenvalue weighted by molar-refractivity contribution is -0.119. The normalized spacial score (nSPS) is 17.1. The number of nitrogens with one attached hydrogen (secondary N) is 1. The molecule has 1 amide bonds. The van der Waals surface area contributed by atoms with Crippen molar-refractivity contribution in [2.24, 2.45) is 0 Å². The highest BCUT2D eigenvalue weighted by atomic mass is 32.2. The predicted molar refractivity (Wildman–Crippen MR) is 76.1 cm³/mol. The van der Waals surface area contributed by atoms with Crippen molar-refractivity contribution in [1.29, 1.82) is 0 Å². The molecule has 0 radical (unpaired) electrons. The van der Waals surface area contributed by atoms with Gasteiger partial charge in [0.2, 0.25) is 5.91 Å². The van der Waals surface area contributed by atoms with Gasteiger partial charge in [0, 0.05) is 11.9 Å². The number of carbonyl (C=O) groups excluding carboxylic acids is 1. The minimum Gasteiger partial charge on any atom is -0.535 e. The van der Waals surface area contributed by atoms with E-state index in [9.17, 15) is 14.6 Å². The summed E-state index contributed by atoms with van der Waals surface area (Å²) in [5.74, 6) is -0.872. The Morgan fingerprint density at radius 3 is 2.95 bits per heavy atom. The van der Waals surface area contributed by atoms with Crippen molar-refractivity contribution in [2.45, 2.75) is 12.4 Å². The zero-order valence-electron chi connectivity index (χ0n) is 10.8. The largest absolute Gasteiger partial charge is 0.535 e. The van der Waals surface area contributed by atoms with Crippen LogP contribution in [0, 0.1) is 0 Å². The van der Waals surface area contributed by atoms with Crippen molar-refractivity contribution >= 4 is 30.8 Å². The molecule has 1 unspecified atom stereocenters. The smallest absolute Gasteiger partial charge is 0.525 e. The molecule has 0 aromatic heterocycles. The average Bonchev–Trinajstić information content (AvgIpc) is 2.37. The second-order valence-corrected chi connectivity index (χ2v) is 5.26. The highest BCUT2D eigenvalue weighted by Gasteiger charge is 2.34. The molecule has 0 saturated heterocycles. The molecular formula is C12H14BNO5S. The average molecular weight is 295 g/mol. The Kier molecular flexibility index (Phi) is 4.56. The number of hydrogen-bond acceptors (Lipinski definition) is 5. The highest BCUT2D eigenvalue weighted by Crippen LogP contribution is 2.36. The first-order valence-corrected chi connectivity index (χ1v) is 7.41. The second-order valence-electron chi connectivity index (χ2n) is 4.39. The van der Waals surface area contributed by atoms with Gasteiger partial charge in [0.1, 0.15) is 11.3 Å². The molecule has 0 bridgehead atoms. The van der Waals surface area contributed by atoms with E-state index in [0.717, 1.165) is 0 Å². The molecule has 20 heavy (non-hydrogen) atoms. The topological polar surface area (TPSA) is 95.9 Å². The van der Waals surface area contributed by atoms with Crippen molar-refractivity contribution < 1.29 is 24.4 Å². The third kappa shape index (κ3) is 3.08. The maximum Gasteiger partial charge on any atom is 0.525 e. The summed E-state index contributed by atoms with van der Waals surface area (Å²) in [4.78, 5) is 22.8. The minimum atomic E-state index is -1.14. The monoisotopic (exact) mass is 295 g/mol. The number of rotatable bonds is 4. The van der Waals surface area contributed by atoms with Gasteiger partial charge in [-0.3, -0.25) is 4.79 Å². The molecule has 2 rings (SSSR count). The molecule has 1 aromatic rings. The molecule has 0 aliphatic carbocycles. The van der Waals surface area contributed by atoms with Gasteiger partial charge in [-0.1, -0.05) is 12.1 Å². The van der Waals surface area contributed by atoms with E-state index in [1.165, 1.54) is 17.8 Å². The Morgan fingerprint density at radius 2 is 2.30 bits per heavy atom. The standard InChI is InChI=1S/C12H14BNO5S/c1-20-6-10(15)14-9-5-13(18)19-11-7(9)3-2-4-8(11)12(16)17/h2-4,9,18H,5-6H2,1H3,(H,14,15)(H,16,17). The van der Waals surface area contributed by atoms with Gasteiger partial charge in [-0.15, -0.1) is 0 Å². The fourth-order valence-electron chi connectivity index (χ4n) is 2.15. The van der Waals surface area contributed by atoms with E-state index in [1.807, 2.05) is 6.26 Å². The molecule has 1 aliphatic heterocycles. The van der Waals surface area contributed by atoms with E-state index in [-0.39, 0.29) is 23.5 Å². The third-order valence-corrected chi connectivity index (χ3v) is 3.50. The molecule has 106 valence electrons. The van der Waals surface area contributed by atoms with Crippen molar-refractivity contribution in [3.8, 4) is 5.75 Å². The zero-order chi connectivity index (χ0) is 14.7. The fraction of sp³-hybridized carbons (Fsp3) is 0.333. The van der Waals surface area contributed by atoms with Gasteiger partial charge in [-0.25, -0.2) is 4.79 Å². The number of para-hydroxylation sites is 1. The summed E-state index contributed by atoms with van der Waals surface area (Å²) < 4.78 is 5.21. The fourth-order valence-corrected chi connectivity index (χ4v) is 2.49. The van der Waals surface area contributed by atoms with E-state index in [0.29, 0.717) is 11.3 Å². The summed E-state index contributed by atoms with van der Waals surface area (Å²) in [5.41, 5.74) is 0.551. The first-order chi connectivity index (χ1) is 9.52. The summed E-state index contributed by atoms with van der Waals surface area (Å²) in [5, 5.41) is 21.6. The van der Waals surface area contributed by atoms with Gasteiger partial charge in [0.15, 0.2) is 0 Å². The molecule has 1 atom stereocenters. The van der Waals surface area contributed by atoms with Crippen LogP contribution in [0.5, 0.6) is 5.75 Å². The van der Waals surface area contributed by atoms with Crippen LogP contribution in [-0.4, -0.2) is 41.1 Å². The number of aromatic carboxylic acids is 1. The van der Waals surface area contributed by atoms with Crippen molar-refractivity contribution in [2.75, 3.05) is 12.0 Å². The van der Waals surface area contributed by atoms with Gasteiger partial charge >= 0.3 is 13.1 Å². The first-order valence-electron chi connectivity index (χ1n) is 6.02. The van der Waals surface area contributed by atoms with E-state index in [4.69, 9.17) is 9.76 Å². The summed E-state index contributed by atoms with van der Waals surface area (Å²) in [6.07, 6.45) is 2.01. The van der Waals surface area contributed by atoms with Gasteiger partial charge in [-0.2, -0.15) is 11.8 Å². The molecule has 8 heteroatoms. The predicted octanol–water partition coefficient (Wildman–Crippen LogP) is 0.778. The molecule has 1 aromatic carbocycles. The van der Waals surface area contributed by atoms with E-state index < -0.39 is 19.1 Å². The van der Waals surface area contributed by atoms with Crippen molar-refractivity contribution in [3.63, 3.8) is 0 Å². The Bertz CT molecular complexity index is 539. The van der Waals surface area contributed by atoms with Crippen molar-refractivity contribution in [1.82, 2.24) is 5.32 Å². The molecule has 1 aliphatic rings. The lowest BCUT2D eigenvalue weighted by Gasteiger charge is -2.29. The highest BCUT2D eigenvalue weighted by molar-refractivity contribution is 7.99. The number of carboxylic acid groups (broad SMARTS) is 1. The Labute approximate surface area is 120 Å². The summed E-state index contributed by atoms with van der Waals surface area (Å²) >= 11 is 1.39. The maximum absolute atomic E-state index is 11.7. The molecule has 6 nitrogen and oxygen atoms in total. The lowest BCUT2D eigenvalue weighted by Crippen LogP contribution is -2.39. The molecule has 0 spiro atoms. The number of fused-ring (bicyclic) bond motifs is 1. The first kappa shape index (κ1) is 14.7. The van der Waals surface area contributed by atoms with Gasteiger partial charge in [-0.05, 0) is 12.3 Å². The third-order valence-electron chi connectivity index (χ3n) is 2.95. The van der Waals surface area contributed by atoms with Crippen LogP contribution in [0.15, 0.2) is 18.2 Å².